The third kappa shape index (κ3) is 4.92. The topological polar surface area (TPSA) is 108 Å². The molecule has 1 saturated heterocycles. The highest BCUT2D eigenvalue weighted by Gasteiger charge is 2.23. The van der Waals surface area contributed by atoms with Gasteiger partial charge in [-0.25, -0.2) is 4.98 Å². The Morgan fingerprint density at radius 3 is 3.03 bits per heavy atom. The molecular weight excluding hydrogens is 442 g/mol. The molecule has 0 radical (unpaired) electrons. The molecule has 1 fully saturated rings. The Kier molecular flexibility index (Phi) is 6.59. The van der Waals surface area contributed by atoms with Gasteiger partial charge in [-0.3, -0.25) is 15.1 Å². The summed E-state index contributed by atoms with van der Waals surface area (Å²) in [6, 6.07) is 3.53. The summed E-state index contributed by atoms with van der Waals surface area (Å²) in [5, 5.41) is 11.5. The number of aryl methyl sites for hydroxylation is 1. The molecule has 1 amide bonds. The molecular formula is C20H20ClN5O4S. The van der Waals surface area contributed by atoms with Gasteiger partial charge in [-0.1, -0.05) is 16.7 Å². The molecule has 1 N–H and O–H groups in total. The van der Waals surface area contributed by atoms with Gasteiger partial charge in [0.1, 0.15) is 10.9 Å². The van der Waals surface area contributed by atoms with Crippen molar-refractivity contribution < 1.29 is 19.0 Å². The number of ether oxygens (including phenoxy) is 3. The first-order valence-electron chi connectivity index (χ1n) is 9.56. The Hall–Kier alpha value is -2.82. The molecule has 4 rings (SSSR count). The molecule has 0 spiro atoms. The average molecular weight is 462 g/mol. The van der Waals surface area contributed by atoms with Gasteiger partial charge in [0.05, 0.1) is 32.1 Å². The van der Waals surface area contributed by atoms with E-state index in [9.17, 15) is 4.79 Å². The molecule has 3 aromatic rings. The number of anilines is 1. The molecule has 1 atom stereocenters. The van der Waals surface area contributed by atoms with E-state index in [0.717, 1.165) is 24.4 Å². The lowest BCUT2D eigenvalue weighted by atomic mass is 10.0. The minimum atomic E-state index is -0.460. The quantitative estimate of drug-likeness (QED) is 0.531. The van der Waals surface area contributed by atoms with Crippen LogP contribution in [-0.2, 0) is 4.74 Å². The summed E-state index contributed by atoms with van der Waals surface area (Å²) in [5.41, 5.74) is 2.13. The predicted octanol–water partition coefficient (Wildman–Crippen LogP) is 3.63. The Balaban J connectivity index is 1.56. The van der Waals surface area contributed by atoms with E-state index in [1.807, 2.05) is 0 Å². The first-order valence-corrected chi connectivity index (χ1v) is 10.8. The lowest BCUT2D eigenvalue weighted by Crippen LogP contribution is -2.15. The molecule has 4 heterocycles. The van der Waals surface area contributed by atoms with E-state index in [4.69, 9.17) is 25.8 Å². The smallest absolute Gasteiger partial charge is 0.295 e. The van der Waals surface area contributed by atoms with E-state index >= 15 is 0 Å². The van der Waals surface area contributed by atoms with Crippen LogP contribution in [0.1, 0.15) is 22.5 Å². The van der Waals surface area contributed by atoms with Gasteiger partial charge in [-0.15, -0.1) is 5.10 Å². The van der Waals surface area contributed by atoms with E-state index in [1.165, 1.54) is 7.11 Å². The van der Waals surface area contributed by atoms with E-state index in [0.29, 0.717) is 52.0 Å². The number of aromatic nitrogens is 4. The highest BCUT2D eigenvalue weighted by Crippen LogP contribution is 2.35. The number of methoxy groups -OCH3 is 1. The maximum atomic E-state index is 13.1. The van der Waals surface area contributed by atoms with Crippen molar-refractivity contribution in [3.05, 3.63) is 40.9 Å². The summed E-state index contributed by atoms with van der Waals surface area (Å²) in [5.74, 6) is 0.399. The fourth-order valence-corrected chi connectivity index (χ4v) is 4.13. The van der Waals surface area contributed by atoms with Gasteiger partial charge in [-0.05, 0) is 36.8 Å². The zero-order valence-electron chi connectivity index (χ0n) is 16.9. The Labute approximate surface area is 187 Å². The minimum absolute atomic E-state index is 0.0774. The van der Waals surface area contributed by atoms with Gasteiger partial charge >= 0.3 is 0 Å². The second kappa shape index (κ2) is 9.54. The number of rotatable bonds is 7. The van der Waals surface area contributed by atoms with Crippen molar-refractivity contribution in [2.75, 3.05) is 32.2 Å². The molecule has 3 aromatic heterocycles. The van der Waals surface area contributed by atoms with Crippen LogP contribution < -0.4 is 14.8 Å². The molecule has 1 unspecified atom stereocenters. The van der Waals surface area contributed by atoms with Crippen LogP contribution in [0.3, 0.4) is 0 Å². The fourth-order valence-electron chi connectivity index (χ4n) is 3.21. The first-order chi connectivity index (χ1) is 15.0. The minimum Gasteiger partial charge on any atom is -0.494 e. The summed E-state index contributed by atoms with van der Waals surface area (Å²) in [7, 11) is 1.54. The Bertz CT molecular complexity index is 1090. The standard InChI is InChI=1S/C20H20ClN5O4S/c1-11-7-14(13-3-5-22-8-15(13)28-2)16(17(21)23-11)18(27)24-19-25-26-20(31-19)30-10-12-4-6-29-9-12/h3,5,7-8,12H,4,6,9-10H2,1-2H3,(H,24,25,27). The van der Waals surface area contributed by atoms with E-state index in [-0.39, 0.29) is 10.7 Å². The SMILES string of the molecule is COc1cnccc1-c1cc(C)nc(Cl)c1C(=O)Nc1nnc(OCC2CCOC2)s1. The van der Waals surface area contributed by atoms with E-state index < -0.39 is 5.91 Å². The second-order valence-corrected chi connectivity index (χ2v) is 8.22. The zero-order valence-corrected chi connectivity index (χ0v) is 18.5. The van der Waals surface area contributed by atoms with Gasteiger partial charge in [0, 0.05) is 35.5 Å². The van der Waals surface area contributed by atoms with E-state index in [1.54, 1.807) is 31.5 Å². The highest BCUT2D eigenvalue weighted by molar-refractivity contribution is 7.17. The van der Waals surface area contributed by atoms with Crippen molar-refractivity contribution in [1.29, 1.82) is 0 Å². The van der Waals surface area contributed by atoms with Gasteiger partial charge < -0.3 is 14.2 Å². The van der Waals surface area contributed by atoms with Crippen LogP contribution in [-0.4, -0.2) is 53.0 Å². The molecule has 1 aliphatic rings. The van der Waals surface area contributed by atoms with Crippen molar-refractivity contribution >= 4 is 34.0 Å². The van der Waals surface area contributed by atoms with Crippen LogP contribution in [0.5, 0.6) is 10.9 Å². The third-order valence-corrected chi connectivity index (χ3v) is 5.74. The molecule has 0 saturated carbocycles. The van der Waals surface area contributed by atoms with Gasteiger partial charge in [-0.2, -0.15) is 0 Å². The lowest BCUT2D eigenvalue weighted by molar-refractivity contribution is 0.102. The lowest BCUT2D eigenvalue weighted by Gasteiger charge is -2.14. The normalized spacial score (nSPS) is 15.6. The van der Waals surface area contributed by atoms with Crippen LogP contribution in [0.25, 0.3) is 11.1 Å². The molecule has 11 heteroatoms. The van der Waals surface area contributed by atoms with Crippen molar-refractivity contribution in [2.24, 2.45) is 5.92 Å². The number of carbonyl (C=O) groups is 1. The van der Waals surface area contributed by atoms with Crippen LogP contribution in [0, 0.1) is 12.8 Å². The summed E-state index contributed by atoms with van der Waals surface area (Å²) >= 11 is 7.51. The monoisotopic (exact) mass is 461 g/mol. The van der Waals surface area contributed by atoms with Crippen molar-refractivity contribution in [3.8, 4) is 22.1 Å². The number of pyridine rings is 2. The first kappa shape index (κ1) is 21.4. The molecule has 0 aliphatic carbocycles. The number of amides is 1. The van der Waals surface area contributed by atoms with Gasteiger partial charge in [0.25, 0.3) is 11.1 Å². The van der Waals surface area contributed by atoms with Crippen molar-refractivity contribution in [1.82, 2.24) is 20.2 Å². The van der Waals surface area contributed by atoms with Gasteiger partial charge in [0.2, 0.25) is 5.13 Å². The average Bonchev–Trinajstić information content (AvgIpc) is 3.43. The molecule has 31 heavy (non-hydrogen) atoms. The van der Waals surface area contributed by atoms with Crippen LogP contribution in [0.15, 0.2) is 24.5 Å². The Morgan fingerprint density at radius 2 is 2.26 bits per heavy atom. The fraction of sp³-hybridized carbons (Fsp3) is 0.350. The summed E-state index contributed by atoms with van der Waals surface area (Å²) < 4.78 is 16.4. The number of halogens is 1. The molecule has 0 aromatic carbocycles. The van der Waals surface area contributed by atoms with Crippen molar-refractivity contribution in [3.63, 3.8) is 0 Å². The number of carbonyl (C=O) groups excluding carboxylic acids is 1. The molecule has 0 bridgehead atoms. The predicted molar refractivity (Wildman–Crippen MR) is 116 cm³/mol. The Morgan fingerprint density at radius 1 is 1.39 bits per heavy atom. The van der Waals surface area contributed by atoms with E-state index in [2.05, 4.69) is 25.5 Å². The number of nitrogens with one attached hydrogen (secondary N) is 1. The van der Waals surface area contributed by atoms with Crippen LogP contribution in [0.4, 0.5) is 5.13 Å². The van der Waals surface area contributed by atoms with Crippen LogP contribution in [0.2, 0.25) is 5.15 Å². The highest BCUT2D eigenvalue weighted by atomic mass is 35.5. The van der Waals surface area contributed by atoms with Crippen molar-refractivity contribution in [2.45, 2.75) is 13.3 Å². The molecule has 1 aliphatic heterocycles. The summed E-state index contributed by atoms with van der Waals surface area (Å²) in [6.07, 6.45) is 4.15. The second-order valence-electron chi connectivity index (χ2n) is 6.92. The summed E-state index contributed by atoms with van der Waals surface area (Å²) in [6.45, 7) is 3.74. The third-order valence-electron chi connectivity index (χ3n) is 4.72. The van der Waals surface area contributed by atoms with Crippen LogP contribution >= 0.6 is 22.9 Å². The number of nitrogens with zero attached hydrogens (tertiary/aromatic N) is 4. The molecule has 162 valence electrons. The zero-order chi connectivity index (χ0) is 21.8. The number of hydrogen-bond acceptors (Lipinski definition) is 9. The van der Waals surface area contributed by atoms with Gasteiger partial charge in [0.15, 0.2) is 0 Å². The maximum absolute atomic E-state index is 13.1. The summed E-state index contributed by atoms with van der Waals surface area (Å²) in [4.78, 5) is 21.4. The maximum Gasteiger partial charge on any atom is 0.295 e. The molecule has 9 nitrogen and oxygen atoms in total. The largest absolute Gasteiger partial charge is 0.494 e. The number of hydrogen-bond donors (Lipinski definition) is 1.